The molecule has 28 heavy (non-hydrogen) atoms. The minimum absolute atomic E-state index is 0.0580. The van der Waals surface area contributed by atoms with Gasteiger partial charge in [-0.1, -0.05) is 61.5 Å². The summed E-state index contributed by atoms with van der Waals surface area (Å²) in [5.74, 6) is 0.479. The third-order valence-corrected chi connectivity index (χ3v) is 4.72. The van der Waals surface area contributed by atoms with E-state index in [1.54, 1.807) is 14.0 Å². The largest absolute Gasteiger partial charge is 0.497 e. The lowest BCUT2D eigenvalue weighted by molar-refractivity contribution is -0.145. The van der Waals surface area contributed by atoms with Crippen molar-refractivity contribution in [3.8, 4) is 11.5 Å². The summed E-state index contributed by atoms with van der Waals surface area (Å²) in [5.41, 5.74) is 3.43. The highest BCUT2D eigenvalue weighted by Crippen LogP contribution is 2.33. The van der Waals surface area contributed by atoms with E-state index < -0.39 is 12.1 Å². The van der Waals surface area contributed by atoms with Gasteiger partial charge in [0.1, 0.15) is 11.5 Å². The average molecular weight is 376 g/mol. The molecular formula is C24H24O4. The fourth-order valence-corrected chi connectivity index (χ4v) is 3.23. The van der Waals surface area contributed by atoms with E-state index in [4.69, 9.17) is 9.47 Å². The maximum Gasteiger partial charge on any atom is 0.344 e. The Morgan fingerprint density at radius 3 is 1.79 bits per heavy atom. The number of carboxylic acid groups (broad SMARTS) is 1. The van der Waals surface area contributed by atoms with Gasteiger partial charge in [0.25, 0.3) is 0 Å². The summed E-state index contributed by atoms with van der Waals surface area (Å²) < 4.78 is 10.9. The van der Waals surface area contributed by atoms with Gasteiger partial charge in [-0.15, -0.1) is 0 Å². The van der Waals surface area contributed by atoms with Gasteiger partial charge in [0.05, 0.1) is 7.11 Å². The highest BCUT2D eigenvalue weighted by atomic mass is 16.5. The van der Waals surface area contributed by atoms with Crippen molar-refractivity contribution in [3.05, 3.63) is 95.6 Å². The molecule has 2 atom stereocenters. The molecule has 0 saturated carbocycles. The van der Waals surface area contributed by atoms with Gasteiger partial charge in [-0.3, -0.25) is 0 Å². The number of aliphatic carboxylic acids is 1. The Hall–Kier alpha value is -3.27. The molecule has 2 unspecified atom stereocenters. The van der Waals surface area contributed by atoms with Crippen molar-refractivity contribution >= 4 is 5.97 Å². The first-order valence-electron chi connectivity index (χ1n) is 9.30. The molecule has 3 rings (SSSR count). The number of methoxy groups -OCH3 is 1. The summed E-state index contributed by atoms with van der Waals surface area (Å²) >= 11 is 0. The topological polar surface area (TPSA) is 55.8 Å². The maximum atomic E-state index is 11.2. The molecule has 3 aromatic rings. The molecule has 0 aromatic heterocycles. The van der Waals surface area contributed by atoms with Crippen LogP contribution in [-0.2, 0) is 4.79 Å². The first kappa shape index (κ1) is 19.5. The number of carbonyl (C=O) groups is 1. The second kappa shape index (κ2) is 9.09. The Morgan fingerprint density at radius 1 is 0.821 bits per heavy atom. The van der Waals surface area contributed by atoms with Crippen LogP contribution in [0.3, 0.4) is 0 Å². The number of carboxylic acids is 1. The Balaban J connectivity index is 1.93. The second-order valence-corrected chi connectivity index (χ2v) is 6.54. The summed E-state index contributed by atoms with van der Waals surface area (Å²) in [6, 6.07) is 26.0. The van der Waals surface area contributed by atoms with E-state index in [9.17, 15) is 9.90 Å². The van der Waals surface area contributed by atoms with Gasteiger partial charge in [-0.25, -0.2) is 4.79 Å². The Bertz CT molecular complexity index is 886. The van der Waals surface area contributed by atoms with Gasteiger partial charge in [-0.2, -0.15) is 0 Å². The zero-order valence-corrected chi connectivity index (χ0v) is 16.0. The van der Waals surface area contributed by atoms with Gasteiger partial charge in [0.2, 0.25) is 0 Å². The summed E-state index contributed by atoms with van der Waals surface area (Å²) in [6.07, 6.45) is -0.424. The molecule has 0 radical (unpaired) electrons. The van der Waals surface area contributed by atoms with Crippen molar-refractivity contribution in [3.63, 3.8) is 0 Å². The predicted octanol–water partition coefficient (Wildman–Crippen LogP) is 5.12. The van der Waals surface area contributed by atoms with E-state index >= 15 is 0 Å². The third kappa shape index (κ3) is 4.52. The van der Waals surface area contributed by atoms with Crippen molar-refractivity contribution < 1.29 is 19.4 Å². The number of benzene rings is 3. The van der Waals surface area contributed by atoms with Crippen LogP contribution in [0.25, 0.3) is 0 Å². The number of hydrogen-bond acceptors (Lipinski definition) is 3. The first-order chi connectivity index (χ1) is 13.6. The molecule has 0 aliphatic carbocycles. The maximum absolute atomic E-state index is 11.2. The van der Waals surface area contributed by atoms with Crippen LogP contribution < -0.4 is 9.47 Å². The van der Waals surface area contributed by atoms with E-state index in [-0.39, 0.29) is 5.92 Å². The van der Waals surface area contributed by atoms with Crippen molar-refractivity contribution in [1.29, 1.82) is 0 Å². The molecule has 0 aliphatic rings. The second-order valence-electron chi connectivity index (χ2n) is 6.54. The van der Waals surface area contributed by atoms with Crippen LogP contribution in [0.15, 0.2) is 78.9 Å². The molecule has 4 heteroatoms. The summed E-state index contributed by atoms with van der Waals surface area (Å²) in [5, 5.41) is 9.18. The molecule has 0 aliphatic heterocycles. The van der Waals surface area contributed by atoms with Crippen LogP contribution in [0.4, 0.5) is 0 Å². The quantitative estimate of drug-likeness (QED) is 0.555. The average Bonchev–Trinajstić information content (AvgIpc) is 2.74. The fourth-order valence-electron chi connectivity index (χ4n) is 3.23. The molecule has 144 valence electrons. The minimum atomic E-state index is -0.952. The highest BCUT2D eigenvalue weighted by molar-refractivity contribution is 5.72. The summed E-state index contributed by atoms with van der Waals surface area (Å²) in [7, 11) is 1.66. The zero-order chi connectivity index (χ0) is 19.9. The van der Waals surface area contributed by atoms with Crippen LogP contribution in [0.2, 0.25) is 0 Å². The van der Waals surface area contributed by atoms with Crippen molar-refractivity contribution in [2.75, 3.05) is 7.11 Å². The first-order valence-corrected chi connectivity index (χ1v) is 9.30. The number of hydrogen-bond donors (Lipinski definition) is 1. The van der Waals surface area contributed by atoms with Crippen LogP contribution in [-0.4, -0.2) is 24.3 Å². The van der Waals surface area contributed by atoms with E-state index in [1.165, 1.54) is 5.56 Å². The molecule has 1 N–H and O–H groups in total. The number of ether oxygens (including phenoxy) is 2. The molecule has 4 nitrogen and oxygen atoms in total. The summed E-state index contributed by atoms with van der Waals surface area (Å²) in [6.45, 7) is 1.79. The fraction of sp³-hybridized carbons (Fsp3) is 0.208. The SMILES string of the molecule is CCC(Oc1ccc(C(c2ccccc2)c2ccc(OC)cc2)cc1)C(=O)O. The molecule has 0 fully saturated rings. The van der Waals surface area contributed by atoms with Crippen molar-refractivity contribution in [2.45, 2.75) is 25.4 Å². The van der Waals surface area contributed by atoms with Crippen LogP contribution in [0.1, 0.15) is 36.0 Å². The van der Waals surface area contributed by atoms with Gasteiger partial charge >= 0.3 is 5.97 Å². The van der Waals surface area contributed by atoms with Gasteiger partial charge in [-0.05, 0) is 47.4 Å². The van der Waals surface area contributed by atoms with E-state index in [0.717, 1.165) is 16.9 Å². The lowest BCUT2D eigenvalue weighted by Crippen LogP contribution is -2.25. The zero-order valence-electron chi connectivity index (χ0n) is 16.0. The lowest BCUT2D eigenvalue weighted by atomic mass is 9.85. The molecule has 0 bridgehead atoms. The standard InChI is InChI=1S/C24H24O4/c1-3-22(24(25)26)28-21-15-11-19(12-16-21)23(17-7-5-4-6-8-17)18-9-13-20(27-2)14-10-18/h4-16,22-23H,3H2,1-2H3,(H,25,26). The molecule has 0 spiro atoms. The summed E-state index contributed by atoms with van der Waals surface area (Å²) in [4.78, 5) is 11.2. The van der Waals surface area contributed by atoms with Crippen molar-refractivity contribution in [1.82, 2.24) is 0 Å². The Labute approximate surface area is 165 Å². The molecule has 3 aromatic carbocycles. The smallest absolute Gasteiger partial charge is 0.344 e. The van der Waals surface area contributed by atoms with Gasteiger partial charge in [0, 0.05) is 5.92 Å². The lowest BCUT2D eigenvalue weighted by Gasteiger charge is -2.20. The van der Waals surface area contributed by atoms with E-state index in [1.807, 2.05) is 54.6 Å². The number of rotatable bonds is 8. The third-order valence-electron chi connectivity index (χ3n) is 4.72. The Kier molecular flexibility index (Phi) is 6.33. The van der Waals surface area contributed by atoms with Crippen LogP contribution >= 0.6 is 0 Å². The van der Waals surface area contributed by atoms with E-state index in [0.29, 0.717) is 12.2 Å². The molecule has 0 heterocycles. The van der Waals surface area contributed by atoms with E-state index in [2.05, 4.69) is 24.3 Å². The van der Waals surface area contributed by atoms with Crippen LogP contribution in [0, 0.1) is 0 Å². The Morgan fingerprint density at radius 2 is 1.32 bits per heavy atom. The van der Waals surface area contributed by atoms with Gasteiger partial charge < -0.3 is 14.6 Å². The molecular weight excluding hydrogens is 352 g/mol. The molecule has 0 amide bonds. The van der Waals surface area contributed by atoms with Gasteiger partial charge in [0.15, 0.2) is 6.10 Å². The highest BCUT2D eigenvalue weighted by Gasteiger charge is 2.19. The normalized spacial score (nSPS) is 12.8. The minimum Gasteiger partial charge on any atom is -0.497 e. The predicted molar refractivity (Wildman–Crippen MR) is 109 cm³/mol. The monoisotopic (exact) mass is 376 g/mol. The van der Waals surface area contributed by atoms with Crippen molar-refractivity contribution in [2.24, 2.45) is 0 Å². The van der Waals surface area contributed by atoms with Crippen LogP contribution in [0.5, 0.6) is 11.5 Å². The molecule has 0 saturated heterocycles.